The lowest BCUT2D eigenvalue weighted by molar-refractivity contribution is -0.138. The molecule has 2 unspecified atom stereocenters. The zero-order valence-corrected chi connectivity index (χ0v) is 13.0. The number of piperidine rings is 1. The van der Waals surface area contributed by atoms with Crippen LogP contribution in [0.2, 0.25) is 0 Å². The Bertz CT molecular complexity index is 496. The number of nitrogens with zero attached hydrogens (tertiary/aromatic N) is 1. The number of amides is 1. The fourth-order valence-corrected chi connectivity index (χ4v) is 3.08. The van der Waals surface area contributed by atoms with Crippen LogP contribution in [0.4, 0.5) is 0 Å². The second-order valence-corrected chi connectivity index (χ2v) is 6.38. The first kappa shape index (κ1) is 15.0. The molecule has 1 heterocycles. The molecule has 1 aromatic rings. The Morgan fingerprint density at radius 3 is 2.70 bits per heavy atom. The van der Waals surface area contributed by atoms with Crippen molar-refractivity contribution in [3.05, 3.63) is 34.9 Å². The fraction of sp³-hybridized carbons (Fsp3) is 0.588. The zero-order valence-electron chi connectivity index (χ0n) is 13.0. The maximum atomic E-state index is 12.3. The molecule has 1 aliphatic rings. The second-order valence-electron chi connectivity index (χ2n) is 6.38. The summed E-state index contributed by atoms with van der Waals surface area (Å²) < 4.78 is 0. The minimum Gasteiger partial charge on any atom is -0.334 e. The average molecular weight is 274 g/mol. The molecule has 1 saturated heterocycles. The molecule has 0 aliphatic carbocycles. The number of carbonyl (C=O) groups excluding carboxylic acids is 1. The second kappa shape index (κ2) is 5.96. The molecule has 3 nitrogen and oxygen atoms in total. The molecule has 1 amide bonds. The lowest BCUT2D eigenvalue weighted by Gasteiger charge is -2.41. The normalized spacial score (nSPS) is 23.5. The standard InChI is InChI=1S/C17H26N2O/c1-11(2)10-19-16(20)9-8-15(18)17(19)14-7-5-6-12(3)13(14)4/h5-7,11,15,17H,8-10,18H2,1-4H3. The Kier molecular flexibility index (Phi) is 4.48. The van der Waals surface area contributed by atoms with E-state index in [-0.39, 0.29) is 18.0 Å². The number of carbonyl (C=O) groups is 1. The van der Waals surface area contributed by atoms with Gasteiger partial charge in [-0.3, -0.25) is 4.79 Å². The summed E-state index contributed by atoms with van der Waals surface area (Å²) in [5.41, 5.74) is 10.1. The minimum absolute atomic E-state index is 0.0264. The Morgan fingerprint density at radius 2 is 2.05 bits per heavy atom. The smallest absolute Gasteiger partial charge is 0.223 e. The highest BCUT2D eigenvalue weighted by molar-refractivity contribution is 5.78. The van der Waals surface area contributed by atoms with Crippen LogP contribution in [0.25, 0.3) is 0 Å². The molecule has 1 aliphatic heterocycles. The van der Waals surface area contributed by atoms with Crippen molar-refractivity contribution in [2.24, 2.45) is 11.7 Å². The quantitative estimate of drug-likeness (QED) is 0.921. The SMILES string of the molecule is Cc1cccc(C2C(N)CCC(=O)N2CC(C)C)c1C. The molecule has 0 radical (unpaired) electrons. The monoisotopic (exact) mass is 274 g/mol. The highest BCUT2D eigenvalue weighted by Crippen LogP contribution is 2.34. The van der Waals surface area contributed by atoms with Gasteiger partial charge in [-0.15, -0.1) is 0 Å². The summed E-state index contributed by atoms with van der Waals surface area (Å²) in [5, 5.41) is 0. The van der Waals surface area contributed by atoms with Crippen LogP contribution in [0, 0.1) is 19.8 Å². The zero-order chi connectivity index (χ0) is 14.9. The number of benzene rings is 1. The lowest BCUT2D eigenvalue weighted by atomic mass is 9.86. The van der Waals surface area contributed by atoms with Crippen LogP contribution < -0.4 is 5.73 Å². The highest BCUT2D eigenvalue weighted by atomic mass is 16.2. The van der Waals surface area contributed by atoms with Crippen LogP contribution in [0.15, 0.2) is 18.2 Å². The van der Waals surface area contributed by atoms with E-state index in [4.69, 9.17) is 5.73 Å². The van der Waals surface area contributed by atoms with Crippen molar-refractivity contribution in [3.63, 3.8) is 0 Å². The van der Waals surface area contributed by atoms with E-state index in [1.807, 2.05) is 4.90 Å². The van der Waals surface area contributed by atoms with E-state index < -0.39 is 0 Å². The Balaban J connectivity index is 2.42. The molecule has 1 aromatic carbocycles. The van der Waals surface area contributed by atoms with Gasteiger partial charge in [-0.05, 0) is 42.9 Å². The van der Waals surface area contributed by atoms with Crippen molar-refractivity contribution in [2.75, 3.05) is 6.54 Å². The van der Waals surface area contributed by atoms with Crippen LogP contribution >= 0.6 is 0 Å². The lowest BCUT2D eigenvalue weighted by Crippen LogP contribution is -2.50. The predicted octanol–water partition coefficient (Wildman–Crippen LogP) is 2.95. The van der Waals surface area contributed by atoms with Crippen LogP contribution in [-0.2, 0) is 4.79 Å². The van der Waals surface area contributed by atoms with Crippen molar-refractivity contribution < 1.29 is 4.79 Å². The molecule has 2 rings (SSSR count). The van der Waals surface area contributed by atoms with Crippen molar-refractivity contribution in [3.8, 4) is 0 Å². The number of rotatable bonds is 3. The molecule has 110 valence electrons. The molecule has 0 aromatic heterocycles. The fourth-order valence-electron chi connectivity index (χ4n) is 3.08. The van der Waals surface area contributed by atoms with Gasteiger partial charge in [0.1, 0.15) is 0 Å². The first-order chi connectivity index (χ1) is 9.41. The van der Waals surface area contributed by atoms with E-state index in [1.165, 1.54) is 16.7 Å². The summed E-state index contributed by atoms with van der Waals surface area (Å²) in [6, 6.07) is 6.36. The van der Waals surface area contributed by atoms with E-state index in [1.54, 1.807) is 0 Å². The van der Waals surface area contributed by atoms with Crippen molar-refractivity contribution in [2.45, 2.75) is 52.6 Å². The number of hydrogen-bond donors (Lipinski definition) is 1. The summed E-state index contributed by atoms with van der Waals surface area (Å²) in [4.78, 5) is 14.3. The van der Waals surface area contributed by atoms with Gasteiger partial charge in [0.2, 0.25) is 5.91 Å². The third-order valence-electron chi connectivity index (χ3n) is 4.28. The van der Waals surface area contributed by atoms with E-state index in [2.05, 4.69) is 45.9 Å². The maximum absolute atomic E-state index is 12.3. The first-order valence-electron chi connectivity index (χ1n) is 7.53. The van der Waals surface area contributed by atoms with Gasteiger partial charge in [-0.1, -0.05) is 32.0 Å². The van der Waals surface area contributed by atoms with Gasteiger partial charge >= 0.3 is 0 Å². The average Bonchev–Trinajstić information content (AvgIpc) is 2.38. The maximum Gasteiger partial charge on any atom is 0.223 e. The van der Waals surface area contributed by atoms with Crippen molar-refractivity contribution in [1.82, 2.24) is 4.90 Å². The first-order valence-corrected chi connectivity index (χ1v) is 7.53. The van der Waals surface area contributed by atoms with E-state index in [0.717, 1.165) is 13.0 Å². The summed E-state index contributed by atoms with van der Waals surface area (Å²) in [7, 11) is 0. The van der Waals surface area contributed by atoms with Crippen molar-refractivity contribution in [1.29, 1.82) is 0 Å². The van der Waals surface area contributed by atoms with Gasteiger partial charge in [0.15, 0.2) is 0 Å². The number of aryl methyl sites for hydroxylation is 1. The summed E-state index contributed by atoms with van der Waals surface area (Å²) in [6.07, 6.45) is 1.36. The van der Waals surface area contributed by atoms with E-state index in [0.29, 0.717) is 12.3 Å². The molecular weight excluding hydrogens is 248 g/mol. The van der Waals surface area contributed by atoms with Gasteiger partial charge in [0, 0.05) is 19.0 Å². The summed E-state index contributed by atoms with van der Waals surface area (Å²) in [6.45, 7) is 9.32. The van der Waals surface area contributed by atoms with Gasteiger partial charge in [-0.2, -0.15) is 0 Å². The van der Waals surface area contributed by atoms with E-state index in [9.17, 15) is 4.79 Å². The molecular formula is C17H26N2O. The Hall–Kier alpha value is -1.35. The van der Waals surface area contributed by atoms with Crippen LogP contribution in [0.1, 0.15) is 49.4 Å². The molecule has 20 heavy (non-hydrogen) atoms. The Labute approximate surface area is 122 Å². The number of likely N-dealkylation sites (tertiary alicyclic amines) is 1. The summed E-state index contributed by atoms with van der Waals surface area (Å²) >= 11 is 0. The molecule has 2 atom stereocenters. The largest absolute Gasteiger partial charge is 0.334 e. The van der Waals surface area contributed by atoms with Crippen LogP contribution in [-0.4, -0.2) is 23.4 Å². The van der Waals surface area contributed by atoms with Gasteiger partial charge in [0.25, 0.3) is 0 Å². The number of nitrogens with two attached hydrogens (primary N) is 1. The summed E-state index contributed by atoms with van der Waals surface area (Å²) in [5.74, 6) is 0.697. The van der Waals surface area contributed by atoms with Gasteiger partial charge in [-0.25, -0.2) is 0 Å². The van der Waals surface area contributed by atoms with Gasteiger partial charge in [0.05, 0.1) is 6.04 Å². The molecule has 1 fully saturated rings. The molecule has 0 bridgehead atoms. The molecule has 2 N–H and O–H groups in total. The third kappa shape index (κ3) is 2.88. The number of hydrogen-bond acceptors (Lipinski definition) is 2. The van der Waals surface area contributed by atoms with Crippen LogP contribution in [0.3, 0.4) is 0 Å². The van der Waals surface area contributed by atoms with Gasteiger partial charge < -0.3 is 10.6 Å². The Morgan fingerprint density at radius 1 is 1.35 bits per heavy atom. The van der Waals surface area contributed by atoms with Crippen molar-refractivity contribution >= 4 is 5.91 Å². The van der Waals surface area contributed by atoms with E-state index >= 15 is 0 Å². The highest BCUT2D eigenvalue weighted by Gasteiger charge is 2.35. The minimum atomic E-state index is 0.0264. The topological polar surface area (TPSA) is 46.3 Å². The molecule has 0 saturated carbocycles. The third-order valence-corrected chi connectivity index (χ3v) is 4.28. The molecule has 3 heteroatoms. The predicted molar refractivity (Wildman–Crippen MR) is 82.4 cm³/mol. The molecule has 0 spiro atoms. The van der Waals surface area contributed by atoms with Crippen LogP contribution in [0.5, 0.6) is 0 Å².